The van der Waals surface area contributed by atoms with Crippen LogP contribution < -0.4 is 24.8 Å². The quantitative estimate of drug-likeness (QED) is 0.0514. The first-order valence-electron chi connectivity index (χ1n) is 13.5. The van der Waals surface area contributed by atoms with Crippen LogP contribution in [0.25, 0.3) is 0 Å². The van der Waals surface area contributed by atoms with Gasteiger partial charge in [-0.15, -0.1) is 0 Å². The molecular weight excluding hydrogens is 655 g/mol. The highest BCUT2D eigenvalue weighted by Gasteiger charge is 2.29. The Hall–Kier alpha value is -6.33. The lowest BCUT2D eigenvalue weighted by Crippen LogP contribution is -2.17. The summed E-state index contributed by atoms with van der Waals surface area (Å²) in [6, 6.07) is 9.26. The number of amides is 2. The molecule has 0 fully saturated rings. The van der Waals surface area contributed by atoms with Crippen molar-refractivity contribution in [2.75, 3.05) is 23.8 Å². The van der Waals surface area contributed by atoms with Gasteiger partial charge in [0.05, 0.1) is 35.2 Å². The molecule has 2 amide bonds. The van der Waals surface area contributed by atoms with Gasteiger partial charge in [0.1, 0.15) is 28.6 Å². The van der Waals surface area contributed by atoms with Gasteiger partial charge in [0.25, 0.3) is 23.2 Å². The number of halogens is 5. The third-order valence-electron chi connectivity index (χ3n) is 6.27. The number of hydrogen-bond acceptors (Lipinski definition) is 9. The fraction of sp³-hybridized carbons (Fsp3) is 0.133. The molecular formula is C30H21F5N4O9. The average molecular weight is 677 g/mol. The minimum absolute atomic E-state index is 0.0998. The molecule has 48 heavy (non-hydrogen) atoms. The molecule has 0 aliphatic heterocycles. The number of nitrogens with zero attached hydrogens (tertiary/aromatic N) is 2. The molecule has 18 heteroatoms. The van der Waals surface area contributed by atoms with Gasteiger partial charge < -0.3 is 24.8 Å². The summed E-state index contributed by atoms with van der Waals surface area (Å²) in [7, 11) is 0. The van der Waals surface area contributed by atoms with Crippen LogP contribution in [-0.4, -0.2) is 34.9 Å². The zero-order valence-electron chi connectivity index (χ0n) is 24.6. The smallest absolute Gasteiger partial charge is 0.296 e. The van der Waals surface area contributed by atoms with Gasteiger partial charge >= 0.3 is 0 Å². The summed E-state index contributed by atoms with van der Waals surface area (Å²) >= 11 is 0. The molecule has 0 aliphatic rings. The second-order valence-electron chi connectivity index (χ2n) is 9.39. The fourth-order valence-electron chi connectivity index (χ4n) is 4.15. The molecule has 0 atom stereocenters. The van der Waals surface area contributed by atoms with Crippen LogP contribution in [0.2, 0.25) is 0 Å². The van der Waals surface area contributed by atoms with E-state index in [-0.39, 0.29) is 36.1 Å². The van der Waals surface area contributed by atoms with Crippen LogP contribution in [-0.2, 0) is 0 Å². The van der Waals surface area contributed by atoms with E-state index in [4.69, 9.17) is 14.2 Å². The van der Waals surface area contributed by atoms with Crippen LogP contribution in [0.5, 0.6) is 23.0 Å². The van der Waals surface area contributed by atoms with Gasteiger partial charge in [0.15, 0.2) is 0 Å². The number of carbonyl (C=O) groups is 2. The van der Waals surface area contributed by atoms with Crippen LogP contribution in [0.3, 0.4) is 0 Å². The molecule has 0 unspecified atom stereocenters. The molecule has 2 N–H and O–H groups in total. The Morgan fingerprint density at radius 3 is 1.40 bits per heavy atom. The van der Waals surface area contributed by atoms with Crippen molar-refractivity contribution in [1.82, 2.24) is 0 Å². The zero-order valence-corrected chi connectivity index (χ0v) is 24.6. The topological polar surface area (TPSA) is 172 Å². The second-order valence-corrected chi connectivity index (χ2v) is 9.39. The Kier molecular flexibility index (Phi) is 10.4. The van der Waals surface area contributed by atoms with Crippen LogP contribution >= 0.6 is 0 Å². The maximum absolute atomic E-state index is 14.4. The minimum atomic E-state index is -2.47. The Balaban J connectivity index is 1.79. The number of carbonyl (C=O) groups excluding carboxylic acids is 2. The van der Waals surface area contributed by atoms with Crippen molar-refractivity contribution < 1.29 is 55.6 Å². The number of hydrogen-bond donors (Lipinski definition) is 2. The van der Waals surface area contributed by atoms with Gasteiger partial charge in [-0.05, 0) is 56.3 Å². The third kappa shape index (κ3) is 7.38. The maximum Gasteiger partial charge on any atom is 0.296 e. The van der Waals surface area contributed by atoms with E-state index in [9.17, 15) is 51.8 Å². The number of benzene rings is 4. The SMILES string of the molecule is CCOc1ccc(NC(=O)c2cc(Oc3c(F)c(F)c(F)c(F)c3F)cc(C(=O)Nc3ccc(OCC)cc3[N+](=O)[O-])c2)c([N+](=O)[O-])c1. The van der Waals surface area contributed by atoms with Crippen molar-refractivity contribution >= 4 is 34.6 Å². The number of nitrogens with one attached hydrogen (secondary N) is 2. The molecule has 0 saturated heterocycles. The van der Waals surface area contributed by atoms with Gasteiger partial charge in [0, 0.05) is 11.1 Å². The molecule has 0 heterocycles. The van der Waals surface area contributed by atoms with Crippen molar-refractivity contribution in [3.8, 4) is 23.0 Å². The number of nitro groups is 2. The van der Waals surface area contributed by atoms with E-state index >= 15 is 0 Å². The maximum atomic E-state index is 14.4. The van der Waals surface area contributed by atoms with Gasteiger partial charge in [-0.2, -0.15) is 8.78 Å². The van der Waals surface area contributed by atoms with Crippen molar-refractivity contribution in [1.29, 1.82) is 0 Å². The van der Waals surface area contributed by atoms with Crippen molar-refractivity contribution in [2.24, 2.45) is 0 Å². The van der Waals surface area contributed by atoms with E-state index in [1.54, 1.807) is 13.8 Å². The Labute approximate surface area is 266 Å². The van der Waals surface area contributed by atoms with Gasteiger partial charge in [-0.25, -0.2) is 13.2 Å². The largest absolute Gasteiger partial charge is 0.494 e. The average Bonchev–Trinajstić information content (AvgIpc) is 3.06. The predicted molar refractivity (Wildman–Crippen MR) is 157 cm³/mol. The molecule has 4 rings (SSSR count). The second kappa shape index (κ2) is 14.4. The van der Waals surface area contributed by atoms with Gasteiger partial charge in [-0.3, -0.25) is 29.8 Å². The van der Waals surface area contributed by atoms with Crippen LogP contribution in [0, 0.1) is 49.3 Å². The summed E-state index contributed by atoms with van der Waals surface area (Å²) in [5.74, 6) is -16.6. The summed E-state index contributed by atoms with van der Waals surface area (Å²) in [4.78, 5) is 48.2. The molecule has 0 spiro atoms. The first-order chi connectivity index (χ1) is 22.7. The molecule has 0 saturated carbocycles. The van der Waals surface area contributed by atoms with E-state index in [1.807, 2.05) is 0 Å². The third-order valence-corrected chi connectivity index (χ3v) is 6.27. The molecule has 4 aromatic rings. The van der Waals surface area contributed by atoms with Gasteiger partial charge in [-0.1, -0.05) is 0 Å². The van der Waals surface area contributed by atoms with Crippen LogP contribution in [0.4, 0.5) is 44.7 Å². The van der Waals surface area contributed by atoms with Crippen molar-refractivity contribution in [3.63, 3.8) is 0 Å². The van der Waals surface area contributed by atoms with E-state index in [0.717, 1.165) is 42.5 Å². The first kappa shape index (κ1) is 34.5. The van der Waals surface area contributed by atoms with E-state index in [1.165, 1.54) is 12.1 Å². The number of rotatable bonds is 12. The van der Waals surface area contributed by atoms with Crippen molar-refractivity contribution in [2.45, 2.75) is 13.8 Å². The summed E-state index contributed by atoms with van der Waals surface area (Å²) < 4.78 is 85.6. The standard InChI is InChI=1S/C30H21F5N4O9/c1-3-46-16-5-7-19(21(12-16)38(42)43)36-29(40)14-9-15(30(41)37-20-8-6-17(47-4-2)13-22(20)39(44)45)11-18(10-14)48-28-26(34)24(32)23(31)25(33)27(28)35/h5-13H,3-4H2,1-2H3,(H,36,40)(H,37,41). The fourth-order valence-corrected chi connectivity index (χ4v) is 4.15. The number of ether oxygens (including phenoxy) is 3. The summed E-state index contributed by atoms with van der Waals surface area (Å²) in [5, 5.41) is 27.8. The highest BCUT2D eigenvalue weighted by Crippen LogP contribution is 2.35. The van der Waals surface area contributed by atoms with E-state index in [2.05, 4.69) is 10.6 Å². The van der Waals surface area contributed by atoms with E-state index in [0.29, 0.717) is 0 Å². The molecule has 250 valence electrons. The predicted octanol–water partition coefficient (Wildman–Crippen LogP) is 7.29. The van der Waals surface area contributed by atoms with Crippen molar-refractivity contribution in [3.05, 3.63) is 115 Å². The summed E-state index contributed by atoms with van der Waals surface area (Å²) in [5.41, 5.74) is -3.05. The Bertz CT molecular complexity index is 1830. The lowest BCUT2D eigenvalue weighted by atomic mass is 10.1. The van der Waals surface area contributed by atoms with Crippen LogP contribution in [0.15, 0.2) is 54.6 Å². The normalized spacial score (nSPS) is 10.6. The molecule has 0 bridgehead atoms. The zero-order chi connectivity index (χ0) is 35.3. The lowest BCUT2D eigenvalue weighted by molar-refractivity contribution is -0.384. The number of anilines is 2. The highest BCUT2D eigenvalue weighted by atomic mass is 19.2. The molecule has 0 aliphatic carbocycles. The van der Waals surface area contributed by atoms with Crippen LogP contribution in [0.1, 0.15) is 34.6 Å². The van der Waals surface area contributed by atoms with E-state index < -0.39 is 84.7 Å². The lowest BCUT2D eigenvalue weighted by Gasteiger charge is -2.14. The first-order valence-corrected chi connectivity index (χ1v) is 13.5. The summed E-state index contributed by atoms with van der Waals surface area (Å²) in [6.07, 6.45) is 0. The minimum Gasteiger partial charge on any atom is -0.494 e. The summed E-state index contributed by atoms with van der Waals surface area (Å²) in [6.45, 7) is 3.60. The highest BCUT2D eigenvalue weighted by molar-refractivity contribution is 6.10. The molecule has 0 aromatic heterocycles. The molecule has 4 aromatic carbocycles. The Morgan fingerprint density at radius 2 is 1.02 bits per heavy atom. The number of nitro benzene ring substituents is 2. The monoisotopic (exact) mass is 676 g/mol. The molecule has 13 nitrogen and oxygen atoms in total. The molecule has 0 radical (unpaired) electrons. The Morgan fingerprint density at radius 1 is 0.625 bits per heavy atom. The van der Waals surface area contributed by atoms with Gasteiger partial charge in [0.2, 0.25) is 34.8 Å².